The molecule has 0 bridgehead atoms. The van der Waals surface area contributed by atoms with E-state index in [0.29, 0.717) is 12.2 Å². The number of nitrogens with one attached hydrogen (secondary N) is 2. The zero-order valence-electron chi connectivity index (χ0n) is 12.0. The second kappa shape index (κ2) is 8.26. The van der Waals surface area contributed by atoms with Crippen LogP contribution in [-0.4, -0.2) is 38.2 Å². The number of para-hydroxylation sites is 1. The van der Waals surface area contributed by atoms with Gasteiger partial charge in [0.25, 0.3) is 0 Å². The number of halogens is 3. The molecule has 1 aromatic rings. The molecule has 5 nitrogen and oxygen atoms in total. The van der Waals surface area contributed by atoms with E-state index in [4.69, 9.17) is 4.74 Å². The van der Waals surface area contributed by atoms with E-state index in [9.17, 15) is 22.8 Å². The number of rotatable bonds is 7. The molecule has 0 saturated heterocycles. The molecular weight excluding hydrogens is 301 g/mol. The van der Waals surface area contributed by atoms with Gasteiger partial charge in [-0.1, -0.05) is 18.2 Å². The summed E-state index contributed by atoms with van der Waals surface area (Å²) in [6.45, 7) is -0.342. The number of aryl methyl sites for hydroxylation is 1. The molecule has 0 heterocycles. The van der Waals surface area contributed by atoms with Crippen LogP contribution in [0.15, 0.2) is 24.3 Å². The van der Waals surface area contributed by atoms with Gasteiger partial charge in [0.1, 0.15) is 5.75 Å². The zero-order valence-corrected chi connectivity index (χ0v) is 12.0. The summed E-state index contributed by atoms with van der Waals surface area (Å²) in [4.78, 5) is 22.1. The molecule has 1 rings (SSSR count). The van der Waals surface area contributed by atoms with Gasteiger partial charge in [0.05, 0.1) is 7.11 Å². The van der Waals surface area contributed by atoms with E-state index in [-0.39, 0.29) is 25.4 Å². The normalized spacial score (nSPS) is 10.9. The van der Waals surface area contributed by atoms with Crippen LogP contribution in [0.1, 0.15) is 12.0 Å². The Morgan fingerprint density at radius 2 is 1.77 bits per heavy atom. The van der Waals surface area contributed by atoms with Gasteiger partial charge in [0, 0.05) is 19.5 Å². The van der Waals surface area contributed by atoms with Crippen LogP contribution >= 0.6 is 0 Å². The fourth-order valence-corrected chi connectivity index (χ4v) is 1.72. The molecular formula is C14H17F3N2O3. The lowest BCUT2D eigenvalue weighted by atomic mass is 10.1. The van der Waals surface area contributed by atoms with Crippen LogP contribution in [0.25, 0.3) is 0 Å². The number of alkyl halides is 3. The molecule has 0 radical (unpaired) electrons. The van der Waals surface area contributed by atoms with E-state index in [1.54, 1.807) is 11.4 Å². The first-order chi connectivity index (χ1) is 10.3. The van der Waals surface area contributed by atoms with Crippen LogP contribution in [0.2, 0.25) is 0 Å². The first kappa shape index (κ1) is 17.8. The Hall–Kier alpha value is -2.25. The van der Waals surface area contributed by atoms with Gasteiger partial charge in [0.15, 0.2) is 0 Å². The van der Waals surface area contributed by atoms with Crippen LogP contribution in [0.4, 0.5) is 13.2 Å². The average Bonchev–Trinajstić information content (AvgIpc) is 2.48. The number of hydrogen-bond donors (Lipinski definition) is 2. The minimum atomic E-state index is -4.91. The first-order valence-corrected chi connectivity index (χ1v) is 6.58. The highest BCUT2D eigenvalue weighted by Gasteiger charge is 2.38. The van der Waals surface area contributed by atoms with E-state index >= 15 is 0 Å². The zero-order chi connectivity index (χ0) is 16.6. The Kier molecular flexibility index (Phi) is 6.68. The number of ether oxygens (including phenoxy) is 1. The summed E-state index contributed by atoms with van der Waals surface area (Å²) in [6.07, 6.45) is -4.29. The third-order valence-electron chi connectivity index (χ3n) is 2.80. The molecule has 0 aromatic heterocycles. The second-order valence-corrected chi connectivity index (χ2v) is 4.42. The molecule has 122 valence electrons. The van der Waals surface area contributed by atoms with Crippen LogP contribution < -0.4 is 15.4 Å². The molecule has 22 heavy (non-hydrogen) atoms. The van der Waals surface area contributed by atoms with Crippen LogP contribution in [0, 0.1) is 0 Å². The van der Waals surface area contributed by atoms with Crippen LogP contribution in [0.3, 0.4) is 0 Å². The summed E-state index contributed by atoms with van der Waals surface area (Å²) >= 11 is 0. The summed E-state index contributed by atoms with van der Waals surface area (Å²) in [7, 11) is 1.53. The summed E-state index contributed by atoms with van der Waals surface area (Å²) in [6, 6.07) is 7.24. The maximum absolute atomic E-state index is 11.9. The number of benzene rings is 1. The van der Waals surface area contributed by atoms with Crippen molar-refractivity contribution in [2.24, 2.45) is 0 Å². The lowest BCUT2D eigenvalue weighted by Gasteiger charge is -2.10. The van der Waals surface area contributed by atoms with Crippen LogP contribution in [-0.2, 0) is 16.0 Å². The number of carbonyl (C=O) groups is 2. The highest BCUT2D eigenvalue weighted by atomic mass is 19.4. The van der Waals surface area contributed by atoms with E-state index < -0.39 is 12.1 Å². The van der Waals surface area contributed by atoms with E-state index in [1.807, 2.05) is 18.2 Å². The Morgan fingerprint density at radius 1 is 1.14 bits per heavy atom. The minimum Gasteiger partial charge on any atom is -0.496 e. The Morgan fingerprint density at radius 3 is 2.41 bits per heavy atom. The van der Waals surface area contributed by atoms with Crippen molar-refractivity contribution in [3.8, 4) is 5.75 Å². The quantitative estimate of drug-likeness (QED) is 0.747. The SMILES string of the molecule is COc1ccccc1CCC(=O)NCCNC(=O)C(F)(F)F. The van der Waals surface area contributed by atoms with Gasteiger partial charge in [-0.05, 0) is 18.1 Å². The second-order valence-electron chi connectivity index (χ2n) is 4.42. The molecule has 1 aromatic carbocycles. The van der Waals surface area contributed by atoms with E-state index in [1.165, 1.54) is 7.11 Å². The molecule has 0 saturated carbocycles. The largest absolute Gasteiger partial charge is 0.496 e. The van der Waals surface area contributed by atoms with Crippen molar-refractivity contribution in [2.45, 2.75) is 19.0 Å². The van der Waals surface area contributed by atoms with Gasteiger partial charge < -0.3 is 15.4 Å². The highest BCUT2D eigenvalue weighted by Crippen LogP contribution is 2.18. The van der Waals surface area contributed by atoms with Crippen molar-refractivity contribution in [3.05, 3.63) is 29.8 Å². The summed E-state index contributed by atoms with van der Waals surface area (Å²) in [5.74, 6) is -1.66. The number of hydrogen-bond acceptors (Lipinski definition) is 3. The fraction of sp³-hybridized carbons (Fsp3) is 0.429. The maximum Gasteiger partial charge on any atom is 0.471 e. The molecule has 8 heteroatoms. The van der Waals surface area contributed by atoms with Gasteiger partial charge >= 0.3 is 12.1 Å². The Bertz CT molecular complexity index is 518. The van der Waals surface area contributed by atoms with Gasteiger partial charge in [-0.3, -0.25) is 9.59 Å². The molecule has 2 N–H and O–H groups in total. The third-order valence-corrected chi connectivity index (χ3v) is 2.80. The number of amides is 2. The topological polar surface area (TPSA) is 67.4 Å². The van der Waals surface area contributed by atoms with Gasteiger partial charge in [0.2, 0.25) is 5.91 Å². The van der Waals surface area contributed by atoms with Crippen molar-refractivity contribution in [3.63, 3.8) is 0 Å². The van der Waals surface area contributed by atoms with E-state index in [0.717, 1.165) is 5.56 Å². The first-order valence-electron chi connectivity index (χ1n) is 6.58. The van der Waals surface area contributed by atoms with E-state index in [2.05, 4.69) is 5.32 Å². The van der Waals surface area contributed by atoms with Crippen molar-refractivity contribution < 1.29 is 27.5 Å². The van der Waals surface area contributed by atoms with Crippen molar-refractivity contribution >= 4 is 11.8 Å². The lowest BCUT2D eigenvalue weighted by molar-refractivity contribution is -0.173. The van der Waals surface area contributed by atoms with Gasteiger partial charge in [-0.2, -0.15) is 13.2 Å². The predicted octanol–water partition coefficient (Wildman–Crippen LogP) is 1.42. The molecule has 0 spiro atoms. The Labute approximate surface area is 125 Å². The molecule has 0 unspecified atom stereocenters. The molecule has 2 amide bonds. The van der Waals surface area contributed by atoms with Gasteiger partial charge in [-0.25, -0.2) is 0 Å². The van der Waals surface area contributed by atoms with Crippen molar-refractivity contribution in [1.82, 2.24) is 10.6 Å². The smallest absolute Gasteiger partial charge is 0.471 e. The number of carbonyl (C=O) groups excluding carboxylic acids is 2. The Balaban J connectivity index is 2.26. The van der Waals surface area contributed by atoms with Crippen molar-refractivity contribution in [2.75, 3.05) is 20.2 Å². The molecule has 0 aliphatic rings. The average molecular weight is 318 g/mol. The molecule has 0 atom stereocenters. The summed E-state index contributed by atoms with van der Waals surface area (Å²) in [5, 5.41) is 4.11. The van der Waals surface area contributed by atoms with Gasteiger partial charge in [-0.15, -0.1) is 0 Å². The predicted molar refractivity (Wildman–Crippen MR) is 73.4 cm³/mol. The lowest BCUT2D eigenvalue weighted by Crippen LogP contribution is -2.41. The molecule has 0 aliphatic carbocycles. The third kappa shape index (κ3) is 6.02. The fourth-order valence-electron chi connectivity index (χ4n) is 1.72. The number of methoxy groups -OCH3 is 1. The van der Waals surface area contributed by atoms with Crippen molar-refractivity contribution in [1.29, 1.82) is 0 Å². The summed E-state index contributed by atoms with van der Waals surface area (Å²) in [5.41, 5.74) is 0.866. The summed E-state index contributed by atoms with van der Waals surface area (Å²) < 4.78 is 40.9. The molecule has 0 aliphatic heterocycles. The molecule has 0 fully saturated rings. The minimum absolute atomic E-state index is 0.0629. The van der Waals surface area contributed by atoms with Crippen LogP contribution in [0.5, 0.6) is 5.75 Å². The highest BCUT2D eigenvalue weighted by molar-refractivity contribution is 5.81. The monoisotopic (exact) mass is 318 g/mol. The standard InChI is InChI=1S/C14H17F3N2O3/c1-22-11-5-3-2-4-10(11)6-7-12(20)18-8-9-19-13(21)14(15,16)17/h2-5H,6-9H2,1H3,(H,18,20)(H,19,21). The maximum atomic E-state index is 11.9.